The monoisotopic (exact) mass is 502 g/mol. The normalized spacial score (nSPS) is 13.1. The van der Waals surface area contributed by atoms with Crippen LogP contribution in [0.15, 0.2) is 51.8 Å². The molecular weight excluding hydrogens is 479 g/mol. The number of rotatable bonds is 5. The van der Waals surface area contributed by atoms with Crippen molar-refractivity contribution in [2.45, 2.75) is 49.7 Å². The van der Waals surface area contributed by atoms with Crippen LogP contribution in [-0.2, 0) is 6.42 Å². The van der Waals surface area contributed by atoms with E-state index < -0.39 is 0 Å². The van der Waals surface area contributed by atoms with Crippen molar-refractivity contribution in [3.63, 3.8) is 0 Å². The molecule has 124 valence electrons. The largest absolute Gasteiger partial charge is 0.120 e. The van der Waals surface area contributed by atoms with Gasteiger partial charge in [0.2, 0.25) is 0 Å². The first-order valence-corrected chi connectivity index (χ1v) is 11.1. The van der Waals surface area contributed by atoms with Crippen LogP contribution in [0.5, 0.6) is 0 Å². The first kappa shape index (κ1) is 19.3. The molecule has 1 unspecified atom stereocenters. The van der Waals surface area contributed by atoms with Gasteiger partial charge < -0.3 is 0 Å². The zero-order valence-electron chi connectivity index (χ0n) is 14.2. The molecule has 0 radical (unpaired) electrons. The van der Waals surface area contributed by atoms with E-state index in [2.05, 4.69) is 109 Å². The Balaban J connectivity index is 2.44. The van der Waals surface area contributed by atoms with E-state index in [9.17, 15) is 0 Å². The van der Waals surface area contributed by atoms with Crippen LogP contribution in [0, 0.1) is 0 Å². The minimum absolute atomic E-state index is 0.213. The van der Waals surface area contributed by atoms with Gasteiger partial charge in [-0.15, -0.1) is 11.8 Å². The third-order valence-electron chi connectivity index (χ3n) is 3.71. The molecule has 0 spiro atoms. The Morgan fingerprint density at radius 2 is 1.74 bits per heavy atom. The predicted molar refractivity (Wildman–Crippen MR) is 116 cm³/mol. The lowest BCUT2D eigenvalue weighted by molar-refractivity contribution is 0.799. The number of aryl methyl sites for hydroxylation is 1. The van der Waals surface area contributed by atoms with Gasteiger partial charge in [0.05, 0.1) is 0 Å². The van der Waals surface area contributed by atoms with Gasteiger partial charge in [-0.1, -0.05) is 90.5 Å². The van der Waals surface area contributed by atoms with Crippen molar-refractivity contribution in [3.05, 3.63) is 63.6 Å². The zero-order chi connectivity index (χ0) is 17.0. The van der Waals surface area contributed by atoms with E-state index in [4.69, 9.17) is 0 Å². The third kappa shape index (κ3) is 5.50. The molecule has 2 aromatic rings. The summed E-state index contributed by atoms with van der Waals surface area (Å²) in [6.45, 7) is 9.03. The van der Waals surface area contributed by atoms with Crippen LogP contribution in [0.25, 0.3) is 0 Å². The Kier molecular flexibility index (Phi) is 7.05. The van der Waals surface area contributed by atoms with E-state index in [1.807, 2.05) is 11.8 Å². The highest BCUT2D eigenvalue weighted by atomic mass is 127. The van der Waals surface area contributed by atoms with E-state index in [-0.39, 0.29) is 4.75 Å². The lowest BCUT2D eigenvalue weighted by Gasteiger charge is -2.24. The van der Waals surface area contributed by atoms with Crippen molar-refractivity contribution in [1.82, 2.24) is 0 Å². The molecular formula is C20H24BrIS. The maximum atomic E-state index is 3.66. The van der Waals surface area contributed by atoms with Gasteiger partial charge in [-0.3, -0.25) is 0 Å². The molecule has 0 aliphatic carbocycles. The Bertz CT molecular complexity index is 644. The van der Waals surface area contributed by atoms with Crippen LogP contribution in [0.4, 0.5) is 0 Å². The fourth-order valence-electron chi connectivity index (χ4n) is 2.55. The fourth-order valence-corrected chi connectivity index (χ4v) is 5.03. The second kappa shape index (κ2) is 8.39. The molecule has 1 atom stereocenters. The van der Waals surface area contributed by atoms with Crippen LogP contribution >= 0.6 is 50.3 Å². The topological polar surface area (TPSA) is 0 Å². The highest BCUT2D eigenvalue weighted by Gasteiger charge is 2.21. The molecule has 0 bridgehead atoms. The number of hydrogen-bond donors (Lipinski definition) is 0. The molecule has 0 amide bonds. The van der Waals surface area contributed by atoms with Crippen LogP contribution < -0.4 is 0 Å². The summed E-state index contributed by atoms with van der Waals surface area (Å²) in [6.07, 6.45) is 1.09. The molecule has 0 aliphatic heterocycles. The van der Waals surface area contributed by atoms with Gasteiger partial charge in [0.15, 0.2) is 0 Å². The standard InChI is InChI=1S/C20H24BrIS/c1-5-14-6-8-15(9-7-14)18(13-22)17-12-16(21)10-11-19(17)23-20(2,3)4/h6-12,18H,5,13H2,1-4H3. The number of thioether (sulfide) groups is 1. The van der Waals surface area contributed by atoms with E-state index in [0.29, 0.717) is 5.92 Å². The Morgan fingerprint density at radius 3 is 2.26 bits per heavy atom. The lowest BCUT2D eigenvalue weighted by atomic mass is 9.92. The molecule has 0 saturated heterocycles. The fraction of sp³-hybridized carbons (Fsp3) is 0.400. The second-order valence-electron chi connectivity index (χ2n) is 6.70. The number of halogens is 2. The molecule has 0 aliphatic rings. The van der Waals surface area contributed by atoms with Gasteiger partial charge in [0, 0.05) is 24.5 Å². The van der Waals surface area contributed by atoms with Crippen molar-refractivity contribution >= 4 is 50.3 Å². The van der Waals surface area contributed by atoms with E-state index in [1.165, 1.54) is 21.6 Å². The van der Waals surface area contributed by atoms with Crippen LogP contribution in [0.3, 0.4) is 0 Å². The summed E-state index contributed by atoms with van der Waals surface area (Å²) in [7, 11) is 0. The van der Waals surface area contributed by atoms with Crippen LogP contribution in [-0.4, -0.2) is 9.17 Å². The molecule has 0 nitrogen and oxygen atoms in total. The molecule has 0 fully saturated rings. The van der Waals surface area contributed by atoms with Gasteiger partial charge in [0.25, 0.3) is 0 Å². The lowest BCUT2D eigenvalue weighted by Crippen LogP contribution is -2.10. The molecule has 3 heteroatoms. The quantitative estimate of drug-likeness (QED) is 0.232. The number of hydrogen-bond acceptors (Lipinski definition) is 1. The first-order chi connectivity index (χ1) is 10.8. The smallest absolute Gasteiger partial charge is 0.0190 e. The van der Waals surface area contributed by atoms with Gasteiger partial charge in [-0.2, -0.15) is 0 Å². The van der Waals surface area contributed by atoms with Crippen molar-refractivity contribution < 1.29 is 0 Å². The van der Waals surface area contributed by atoms with Gasteiger partial charge in [0.1, 0.15) is 0 Å². The summed E-state index contributed by atoms with van der Waals surface area (Å²) in [5, 5.41) is 0. The van der Waals surface area contributed by atoms with Gasteiger partial charge in [-0.05, 0) is 41.3 Å². The minimum atomic E-state index is 0.213. The Hall–Kier alpha value is -0.000000000000000111. The molecule has 0 aromatic heterocycles. The Labute approximate surface area is 167 Å². The summed E-state index contributed by atoms with van der Waals surface area (Å²) in [4.78, 5) is 1.39. The molecule has 23 heavy (non-hydrogen) atoms. The summed E-state index contributed by atoms with van der Waals surface area (Å²) in [5.41, 5.74) is 4.24. The number of alkyl halides is 1. The highest BCUT2D eigenvalue weighted by molar-refractivity contribution is 14.1. The summed E-state index contributed by atoms with van der Waals surface area (Å²) < 4.78 is 2.45. The number of benzene rings is 2. The highest BCUT2D eigenvalue weighted by Crippen LogP contribution is 2.40. The van der Waals surface area contributed by atoms with Gasteiger partial charge in [-0.25, -0.2) is 0 Å². The molecule has 2 aromatic carbocycles. The SMILES string of the molecule is CCc1ccc(C(CI)c2cc(Br)ccc2SC(C)(C)C)cc1. The third-order valence-corrected chi connectivity index (χ3v) is 6.29. The maximum Gasteiger partial charge on any atom is 0.0190 e. The summed E-state index contributed by atoms with van der Waals surface area (Å²) in [5.74, 6) is 0.434. The van der Waals surface area contributed by atoms with Crippen molar-refractivity contribution in [3.8, 4) is 0 Å². The van der Waals surface area contributed by atoms with Crippen molar-refractivity contribution in [1.29, 1.82) is 0 Å². The van der Waals surface area contributed by atoms with E-state index >= 15 is 0 Å². The van der Waals surface area contributed by atoms with Crippen LogP contribution in [0.1, 0.15) is 50.3 Å². The first-order valence-electron chi connectivity index (χ1n) is 7.97. The summed E-state index contributed by atoms with van der Waals surface area (Å²) >= 11 is 8.13. The average Bonchev–Trinajstić information content (AvgIpc) is 2.50. The minimum Gasteiger partial charge on any atom is -0.120 e. The van der Waals surface area contributed by atoms with E-state index in [0.717, 1.165) is 15.3 Å². The summed E-state index contributed by atoms with van der Waals surface area (Å²) in [6, 6.07) is 15.8. The van der Waals surface area contributed by atoms with Gasteiger partial charge >= 0.3 is 0 Å². The van der Waals surface area contributed by atoms with Crippen molar-refractivity contribution in [2.75, 3.05) is 4.43 Å². The molecule has 0 N–H and O–H groups in total. The average molecular weight is 503 g/mol. The Morgan fingerprint density at radius 1 is 1.09 bits per heavy atom. The second-order valence-corrected chi connectivity index (χ2v) is 10.4. The zero-order valence-corrected chi connectivity index (χ0v) is 18.8. The van der Waals surface area contributed by atoms with E-state index in [1.54, 1.807) is 0 Å². The van der Waals surface area contributed by atoms with Crippen LogP contribution in [0.2, 0.25) is 0 Å². The molecule has 2 rings (SSSR count). The van der Waals surface area contributed by atoms with Crippen molar-refractivity contribution in [2.24, 2.45) is 0 Å². The predicted octanol–water partition coefficient (Wildman–Crippen LogP) is 7.47. The molecule has 0 saturated carbocycles. The molecule has 0 heterocycles. The maximum absolute atomic E-state index is 3.66.